The summed E-state index contributed by atoms with van der Waals surface area (Å²) in [6.07, 6.45) is 0.455. The molecule has 2 aromatic rings. The highest BCUT2D eigenvalue weighted by Gasteiger charge is 2.28. The lowest BCUT2D eigenvalue weighted by atomic mass is 9.74. The molecule has 0 spiro atoms. The van der Waals surface area contributed by atoms with E-state index in [1.54, 1.807) is 0 Å². The molecule has 0 bridgehead atoms. The third-order valence-corrected chi connectivity index (χ3v) is 4.45. The molecular weight excluding hydrogens is 366 g/mol. The SMILES string of the molecule is CC(CC#N)(c1ccc(Br)cc1)c1ccc(Br)cc1. The molecule has 0 heterocycles. The van der Waals surface area contributed by atoms with Gasteiger partial charge in [0.1, 0.15) is 0 Å². The largest absolute Gasteiger partial charge is 0.198 e. The van der Waals surface area contributed by atoms with Crippen molar-refractivity contribution in [2.75, 3.05) is 0 Å². The van der Waals surface area contributed by atoms with Gasteiger partial charge in [-0.25, -0.2) is 0 Å². The predicted octanol–water partition coefficient (Wildman–Crippen LogP) is 5.43. The van der Waals surface area contributed by atoms with E-state index >= 15 is 0 Å². The molecule has 0 N–H and O–H groups in total. The zero-order valence-electron chi connectivity index (χ0n) is 10.5. The Morgan fingerprint density at radius 1 is 0.895 bits per heavy atom. The summed E-state index contributed by atoms with van der Waals surface area (Å²) in [5.74, 6) is 0. The van der Waals surface area contributed by atoms with Gasteiger partial charge in [0.15, 0.2) is 0 Å². The number of rotatable bonds is 3. The minimum Gasteiger partial charge on any atom is -0.198 e. The minimum absolute atomic E-state index is 0.282. The van der Waals surface area contributed by atoms with E-state index in [0.29, 0.717) is 6.42 Å². The quantitative estimate of drug-likeness (QED) is 0.698. The van der Waals surface area contributed by atoms with Crippen LogP contribution in [-0.2, 0) is 5.41 Å². The summed E-state index contributed by atoms with van der Waals surface area (Å²) in [4.78, 5) is 0. The summed E-state index contributed by atoms with van der Waals surface area (Å²) in [5.41, 5.74) is 2.02. The number of halogens is 2. The Morgan fingerprint density at radius 2 is 1.26 bits per heavy atom. The van der Waals surface area contributed by atoms with Crippen molar-refractivity contribution < 1.29 is 0 Å². The third-order valence-electron chi connectivity index (χ3n) is 3.40. The van der Waals surface area contributed by atoms with Crippen LogP contribution in [-0.4, -0.2) is 0 Å². The lowest BCUT2D eigenvalue weighted by Gasteiger charge is -2.28. The molecule has 1 nitrogen and oxygen atoms in total. The van der Waals surface area contributed by atoms with Crippen LogP contribution in [0.2, 0.25) is 0 Å². The van der Waals surface area contributed by atoms with Gasteiger partial charge in [-0.1, -0.05) is 63.0 Å². The van der Waals surface area contributed by atoms with Gasteiger partial charge in [-0.3, -0.25) is 0 Å². The van der Waals surface area contributed by atoms with Crippen molar-refractivity contribution in [2.45, 2.75) is 18.8 Å². The van der Waals surface area contributed by atoms with E-state index in [-0.39, 0.29) is 5.41 Å². The van der Waals surface area contributed by atoms with E-state index in [9.17, 15) is 0 Å². The molecule has 0 saturated carbocycles. The molecule has 0 amide bonds. The van der Waals surface area contributed by atoms with E-state index in [2.05, 4.69) is 69.1 Å². The van der Waals surface area contributed by atoms with Crippen molar-refractivity contribution in [2.24, 2.45) is 0 Å². The first-order valence-corrected chi connectivity index (χ1v) is 7.54. The maximum absolute atomic E-state index is 9.17. The van der Waals surface area contributed by atoms with E-state index in [0.717, 1.165) is 20.1 Å². The third kappa shape index (κ3) is 3.08. The molecule has 0 aromatic heterocycles. The molecule has 0 saturated heterocycles. The van der Waals surface area contributed by atoms with Crippen LogP contribution >= 0.6 is 31.9 Å². The molecule has 96 valence electrons. The minimum atomic E-state index is -0.282. The van der Waals surface area contributed by atoms with E-state index in [1.807, 2.05) is 24.3 Å². The van der Waals surface area contributed by atoms with Gasteiger partial charge in [-0.15, -0.1) is 0 Å². The van der Waals surface area contributed by atoms with Gasteiger partial charge >= 0.3 is 0 Å². The molecule has 0 atom stereocenters. The Hall–Kier alpha value is -1.11. The van der Waals surface area contributed by atoms with Crippen molar-refractivity contribution in [3.05, 3.63) is 68.6 Å². The van der Waals surface area contributed by atoms with Crippen LogP contribution in [0, 0.1) is 11.3 Å². The Labute approximate surface area is 130 Å². The molecule has 3 heteroatoms. The first kappa shape index (κ1) is 14.3. The molecule has 0 aliphatic heterocycles. The molecule has 2 aromatic carbocycles. The van der Waals surface area contributed by atoms with Gasteiger partial charge in [-0.05, 0) is 35.4 Å². The van der Waals surface area contributed by atoms with Crippen molar-refractivity contribution in [3.8, 4) is 6.07 Å². The van der Waals surface area contributed by atoms with E-state index < -0.39 is 0 Å². The number of nitrogens with zero attached hydrogens (tertiary/aromatic N) is 1. The van der Waals surface area contributed by atoms with Crippen molar-refractivity contribution in [1.82, 2.24) is 0 Å². The van der Waals surface area contributed by atoms with E-state index in [4.69, 9.17) is 5.26 Å². The zero-order valence-corrected chi connectivity index (χ0v) is 13.7. The summed E-state index contributed by atoms with van der Waals surface area (Å²) in [5, 5.41) is 9.17. The van der Waals surface area contributed by atoms with Crippen molar-refractivity contribution in [3.63, 3.8) is 0 Å². The Morgan fingerprint density at radius 3 is 1.58 bits per heavy atom. The summed E-state index contributed by atoms with van der Waals surface area (Å²) in [7, 11) is 0. The first-order chi connectivity index (χ1) is 9.06. The predicted molar refractivity (Wildman–Crippen MR) is 85.0 cm³/mol. The highest BCUT2D eigenvalue weighted by molar-refractivity contribution is 9.10. The monoisotopic (exact) mass is 377 g/mol. The van der Waals surface area contributed by atoms with Gasteiger partial charge in [0.25, 0.3) is 0 Å². The van der Waals surface area contributed by atoms with Crippen LogP contribution in [0.25, 0.3) is 0 Å². The Kier molecular flexibility index (Phi) is 4.44. The molecule has 2 rings (SSSR count). The van der Waals surface area contributed by atoms with Gasteiger partial charge < -0.3 is 0 Å². The average Bonchev–Trinajstić information content (AvgIpc) is 2.40. The second-order valence-electron chi connectivity index (χ2n) is 4.68. The fourth-order valence-electron chi connectivity index (χ4n) is 2.16. The molecule has 0 aliphatic rings. The normalized spacial score (nSPS) is 11.1. The topological polar surface area (TPSA) is 23.8 Å². The second kappa shape index (κ2) is 5.90. The van der Waals surface area contributed by atoms with Crippen molar-refractivity contribution in [1.29, 1.82) is 5.26 Å². The molecule has 19 heavy (non-hydrogen) atoms. The van der Waals surface area contributed by atoms with E-state index in [1.165, 1.54) is 0 Å². The fraction of sp³-hybridized carbons (Fsp3) is 0.188. The summed E-state index contributed by atoms with van der Waals surface area (Å²) < 4.78 is 2.10. The summed E-state index contributed by atoms with van der Waals surface area (Å²) in [6, 6.07) is 18.7. The number of benzene rings is 2. The fourth-order valence-corrected chi connectivity index (χ4v) is 2.69. The highest BCUT2D eigenvalue weighted by Crippen LogP contribution is 2.36. The average molecular weight is 379 g/mol. The Bertz CT molecular complexity index is 549. The molecule has 0 aliphatic carbocycles. The first-order valence-electron chi connectivity index (χ1n) is 5.95. The lowest BCUT2D eigenvalue weighted by molar-refractivity contribution is 0.586. The summed E-state index contributed by atoms with van der Waals surface area (Å²) >= 11 is 6.89. The Balaban J connectivity index is 2.51. The number of hydrogen-bond donors (Lipinski definition) is 0. The number of nitriles is 1. The molecular formula is C16H13Br2N. The van der Waals surface area contributed by atoms with Crippen LogP contribution in [0.15, 0.2) is 57.5 Å². The van der Waals surface area contributed by atoms with Crippen LogP contribution < -0.4 is 0 Å². The van der Waals surface area contributed by atoms with Crippen LogP contribution in [0.4, 0.5) is 0 Å². The van der Waals surface area contributed by atoms with Gasteiger partial charge in [0, 0.05) is 20.8 Å². The molecule has 0 unspecified atom stereocenters. The van der Waals surface area contributed by atoms with Crippen molar-refractivity contribution >= 4 is 31.9 Å². The lowest BCUT2D eigenvalue weighted by Crippen LogP contribution is -2.22. The second-order valence-corrected chi connectivity index (χ2v) is 6.51. The highest BCUT2D eigenvalue weighted by atomic mass is 79.9. The zero-order chi connectivity index (χ0) is 13.9. The number of hydrogen-bond acceptors (Lipinski definition) is 1. The smallest absolute Gasteiger partial charge is 0.0634 e. The maximum Gasteiger partial charge on any atom is 0.0634 e. The van der Waals surface area contributed by atoms with Gasteiger partial charge in [-0.2, -0.15) is 5.26 Å². The maximum atomic E-state index is 9.17. The van der Waals surface area contributed by atoms with Crippen LogP contribution in [0.5, 0.6) is 0 Å². The van der Waals surface area contributed by atoms with Gasteiger partial charge in [0.05, 0.1) is 6.07 Å². The van der Waals surface area contributed by atoms with Crippen LogP contribution in [0.1, 0.15) is 24.5 Å². The summed E-state index contributed by atoms with van der Waals surface area (Å²) in [6.45, 7) is 2.11. The van der Waals surface area contributed by atoms with Gasteiger partial charge in [0.2, 0.25) is 0 Å². The van der Waals surface area contributed by atoms with Crippen LogP contribution in [0.3, 0.4) is 0 Å². The molecule has 0 fully saturated rings. The standard InChI is InChI=1S/C16H13Br2N/c1-16(10-11-19,12-2-6-14(17)7-3-12)13-4-8-15(18)9-5-13/h2-9H,10H2,1H3. The molecule has 0 radical (unpaired) electrons.